The van der Waals surface area contributed by atoms with Gasteiger partial charge in [0.2, 0.25) is 0 Å². The lowest BCUT2D eigenvalue weighted by Gasteiger charge is -1.65. The van der Waals surface area contributed by atoms with E-state index in [1.165, 1.54) is 0 Å². The number of nitrogens with zero attached hydrogens (tertiary/aromatic N) is 1. The van der Waals surface area contributed by atoms with Crippen molar-refractivity contribution < 1.29 is 5.11 Å². The van der Waals surface area contributed by atoms with Crippen molar-refractivity contribution in [3.05, 3.63) is 12.3 Å². The molecule has 2 nitrogen and oxygen atoms in total. The fraction of sp³-hybridized carbons (Fsp3) is 0.625. The zero-order valence-electron chi connectivity index (χ0n) is 6.67. The Morgan fingerprint density at radius 2 is 2.10 bits per heavy atom. The number of allylic oxidation sites excluding steroid dienone is 1. The molecule has 0 heterocycles. The molecule has 0 aliphatic rings. The third kappa shape index (κ3) is 27.8. The zero-order chi connectivity index (χ0) is 8.24. The van der Waals surface area contributed by atoms with Crippen molar-refractivity contribution in [1.82, 2.24) is 0 Å². The van der Waals surface area contributed by atoms with Crippen LogP contribution in [0.1, 0.15) is 33.1 Å². The fourth-order valence-corrected chi connectivity index (χ4v) is 0.217. The second-order valence-electron chi connectivity index (χ2n) is 1.70. The second kappa shape index (κ2) is 15.7. The third-order valence-electron chi connectivity index (χ3n) is 0.703. The molecule has 0 spiro atoms. The smallest absolute Gasteiger partial charge is 0.0751 e. The van der Waals surface area contributed by atoms with Gasteiger partial charge in [-0.2, -0.15) is 5.26 Å². The van der Waals surface area contributed by atoms with Crippen LogP contribution in [-0.4, -0.2) is 5.11 Å². The maximum atomic E-state index is 7.89. The lowest BCUT2D eigenvalue weighted by Crippen LogP contribution is -1.53. The van der Waals surface area contributed by atoms with Crippen molar-refractivity contribution in [3.8, 4) is 6.07 Å². The van der Waals surface area contributed by atoms with Crippen molar-refractivity contribution in [1.29, 1.82) is 5.26 Å². The van der Waals surface area contributed by atoms with Crippen LogP contribution in [0.2, 0.25) is 0 Å². The molecule has 0 radical (unpaired) electrons. The molecule has 0 saturated heterocycles. The van der Waals surface area contributed by atoms with E-state index in [-0.39, 0.29) is 0 Å². The van der Waals surface area contributed by atoms with Gasteiger partial charge in [0.25, 0.3) is 0 Å². The van der Waals surface area contributed by atoms with Gasteiger partial charge in [-0.25, -0.2) is 0 Å². The van der Waals surface area contributed by atoms with Gasteiger partial charge in [0.15, 0.2) is 0 Å². The minimum atomic E-state index is 0.694. The van der Waals surface area contributed by atoms with Crippen molar-refractivity contribution in [3.63, 3.8) is 0 Å². The molecule has 0 amide bonds. The molecular weight excluding hydrogens is 126 g/mol. The molecule has 0 unspecified atom stereocenters. The highest BCUT2D eigenvalue weighted by atomic mass is 16.2. The van der Waals surface area contributed by atoms with Gasteiger partial charge in [-0.05, 0) is 12.8 Å². The molecule has 0 aromatic carbocycles. The van der Waals surface area contributed by atoms with Crippen LogP contribution in [0.5, 0.6) is 0 Å². The van der Waals surface area contributed by atoms with Crippen LogP contribution in [0, 0.1) is 11.3 Å². The van der Waals surface area contributed by atoms with E-state index in [0.29, 0.717) is 6.42 Å². The maximum Gasteiger partial charge on any atom is 0.0751 e. The van der Waals surface area contributed by atoms with Crippen molar-refractivity contribution >= 4 is 0 Å². The molecule has 0 fully saturated rings. The highest BCUT2D eigenvalue weighted by Gasteiger charge is 1.65. The third-order valence-corrected chi connectivity index (χ3v) is 0.703. The Balaban J connectivity index is 0. The van der Waals surface area contributed by atoms with E-state index in [1.807, 2.05) is 19.9 Å². The molecule has 0 aromatic heterocycles. The monoisotopic (exact) mass is 141 g/mol. The SMILES string of the molecule is CC/C=C/O.CCCC#N. The predicted octanol–water partition coefficient (Wildman–Crippen LogP) is 2.78. The number of nitriles is 1. The predicted molar refractivity (Wildman–Crippen MR) is 42.6 cm³/mol. The van der Waals surface area contributed by atoms with E-state index < -0.39 is 0 Å². The number of hydrogen-bond donors (Lipinski definition) is 1. The minimum absolute atomic E-state index is 0.694. The van der Waals surface area contributed by atoms with Crippen LogP contribution >= 0.6 is 0 Å². The van der Waals surface area contributed by atoms with E-state index in [2.05, 4.69) is 0 Å². The molecule has 1 N–H and O–H groups in total. The van der Waals surface area contributed by atoms with Crippen LogP contribution in [0.15, 0.2) is 12.3 Å². The van der Waals surface area contributed by atoms with Gasteiger partial charge >= 0.3 is 0 Å². The number of aliphatic hydroxyl groups is 1. The first kappa shape index (κ1) is 11.8. The molecule has 0 atom stereocenters. The molecule has 0 rings (SSSR count). The average Bonchev–Trinajstić information content (AvgIpc) is 1.93. The second-order valence-corrected chi connectivity index (χ2v) is 1.70. The Kier molecular flexibility index (Phi) is 18.5. The van der Waals surface area contributed by atoms with Gasteiger partial charge < -0.3 is 5.11 Å². The first-order valence-corrected chi connectivity index (χ1v) is 3.49. The van der Waals surface area contributed by atoms with Gasteiger partial charge in [-0.3, -0.25) is 0 Å². The Hall–Kier alpha value is -0.970. The van der Waals surface area contributed by atoms with Crippen molar-refractivity contribution in [2.24, 2.45) is 0 Å². The van der Waals surface area contributed by atoms with Gasteiger partial charge in [0.05, 0.1) is 12.3 Å². The topological polar surface area (TPSA) is 44.0 Å². The molecule has 58 valence electrons. The largest absolute Gasteiger partial charge is 0.516 e. The summed E-state index contributed by atoms with van der Waals surface area (Å²) in [7, 11) is 0. The molecule has 2 heteroatoms. The van der Waals surface area contributed by atoms with E-state index in [9.17, 15) is 0 Å². The number of hydrogen-bond acceptors (Lipinski definition) is 2. The molecule has 0 aliphatic carbocycles. The van der Waals surface area contributed by atoms with Crippen LogP contribution in [0.4, 0.5) is 0 Å². The number of aliphatic hydroxyl groups excluding tert-OH is 1. The van der Waals surface area contributed by atoms with Crippen molar-refractivity contribution in [2.75, 3.05) is 0 Å². The quantitative estimate of drug-likeness (QED) is 0.601. The number of rotatable bonds is 2. The summed E-state index contributed by atoms with van der Waals surface area (Å²) in [4.78, 5) is 0. The van der Waals surface area contributed by atoms with Gasteiger partial charge in [-0.15, -0.1) is 0 Å². The molecule has 10 heavy (non-hydrogen) atoms. The number of unbranched alkanes of at least 4 members (excludes halogenated alkanes) is 1. The summed E-state index contributed by atoms with van der Waals surface area (Å²) in [6.45, 7) is 3.95. The Labute approximate surface area is 62.8 Å². The highest BCUT2D eigenvalue weighted by molar-refractivity contribution is 4.67. The van der Waals surface area contributed by atoms with Crippen LogP contribution in [0.25, 0.3) is 0 Å². The maximum absolute atomic E-state index is 7.89. The lowest BCUT2D eigenvalue weighted by molar-refractivity contribution is 0.471. The Morgan fingerprint density at radius 1 is 1.50 bits per heavy atom. The molecular formula is C8H15NO. The van der Waals surface area contributed by atoms with Gasteiger partial charge in [-0.1, -0.05) is 19.9 Å². The summed E-state index contributed by atoms with van der Waals surface area (Å²) in [5, 5.41) is 15.7. The van der Waals surface area contributed by atoms with Gasteiger partial charge in [0.1, 0.15) is 0 Å². The van der Waals surface area contributed by atoms with E-state index in [0.717, 1.165) is 19.1 Å². The summed E-state index contributed by atoms with van der Waals surface area (Å²) in [6, 6.07) is 2.02. The first-order chi connectivity index (χ1) is 4.83. The highest BCUT2D eigenvalue weighted by Crippen LogP contribution is 1.77. The minimum Gasteiger partial charge on any atom is -0.516 e. The lowest BCUT2D eigenvalue weighted by atomic mass is 10.4. The molecule has 0 bridgehead atoms. The molecule has 0 saturated carbocycles. The van der Waals surface area contributed by atoms with E-state index >= 15 is 0 Å². The standard InChI is InChI=1S/C4H7N.C4H8O/c2*1-2-3-4-5/h2-3H2,1H3;3-5H,2H2,1H3/b;4-3+. The Morgan fingerprint density at radius 3 is 2.10 bits per heavy atom. The summed E-state index contributed by atoms with van der Waals surface area (Å²) in [6.07, 6.45) is 5.33. The van der Waals surface area contributed by atoms with Crippen molar-refractivity contribution in [2.45, 2.75) is 33.1 Å². The normalized spacial score (nSPS) is 8.10. The first-order valence-electron chi connectivity index (χ1n) is 3.49. The summed E-state index contributed by atoms with van der Waals surface area (Å²) < 4.78 is 0. The summed E-state index contributed by atoms with van der Waals surface area (Å²) in [5.74, 6) is 0. The van der Waals surface area contributed by atoms with Gasteiger partial charge in [0, 0.05) is 6.42 Å². The van der Waals surface area contributed by atoms with Crippen LogP contribution < -0.4 is 0 Å². The summed E-state index contributed by atoms with van der Waals surface area (Å²) in [5.41, 5.74) is 0. The molecule has 0 aromatic rings. The zero-order valence-corrected chi connectivity index (χ0v) is 6.67. The van der Waals surface area contributed by atoms with E-state index in [4.69, 9.17) is 10.4 Å². The Bertz CT molecular complexity index is 102. The van der Waals surface area contributed by atoms with E-state index in [1.54, 1.807) is 6.08 Å². The van der Waals surface area contributed by atoms with Crippen LogP contribution in [-0.2, 0) is 0 Å². The summed E-state index contributed by atoms with van der Waals surface area (Å²) >= 11 is 0. The average molecular weight is 141 g/mol. The molecule has 0 aliphatic heterocycles. The van der Waals surface area contributed by atoms with Crippen LogP contribution in [0.3, 0.4) is 0 Å². The fourth-order valence-electron chi connectivity index (χ4n) is 0.217.